The van der Waals surface area contributed by atoms with Gasteiger partial charge in [-0.05, 0) is 38.6 Å². The average molecular weight is 243 g/mol. The van der Waals surface area contributed by atoms with Crippen molar-refractivity contribution in [3.8, 4) is 6.07 Å². The van der Waals surface area contributed by atoms with E-state index in [2.05, 4.69) is 16.3 Å². The molecule has 1 aliphatic rings. The predicted molar refractivity (Wildman–Crippen MR) is 70.1 cm³/mol. The summed E-state index contributed by atoms with van der Waals surface area (Å²) in [5, 5.41) is 11.8. The zero-order valence-corrected chi connectivity index (χ0v) is 10.5. The highest BCUT2D eigenvalue weighted by Gasteiger charge is 2.26. The van der Waals surface area contributed by atoms with Gasteiger partial charge >= 0.3 is 0 Å². The fourth-order valence-corrected chi connectivity index (χ4v) is 2.31. The van der Waals surface area contributed by atoms with Gasteiger partial charge in [0.2, 0.25) is 5.91 Å². The molecule has 1 unspecified atom stereocenters. The van der Waals surface area contributed by atoms with Gasteiger partial charge in [0, 0.05) is 0 Å². The zero-order valence-electron chi connectivity index (χ0n) is 10.5. The number of carbonyl (C=O) groups is 1. The topological polar surface area (TPSA) is 56.1 Å². The Morgan fingerprint density at radius 1 is 1.44 bits per heavy atom. The number of piperidine rings is 1. The van der Waals surface area contributed by atoms with E-state index in [1.165, 1.54) is 0 Å². The third-order valence-electron chi connectivity index (χ3n) is 3.38. The van der Waals surface area contributed by atoms with Crippen LogP contribution in [0, 0.1) is 11.3 Å². The van der Waals surface area contributed by atoms with Crippen LogP contribution in [0.5, 0.6) is 0 Å². The maximum atomic E-state index is 12.2. The van der Waals surface area contributed by atoms with Gasteiger partial charge in [-0.15, -0.1) is 0 Å². The lowest BCUT2D eigenvalue weighted by molar-refractivity contribution is -0.121. The highest BCUT2D eigenvalue weighted by molar-refractivity contribution is 5.95. The van der Waals surface area contributed by atoms with Gasteiger partial charge in [-0.2, -0.15) is 5.26 Å². The Bertz CT molecular complexity index is 478. The second kappa shape index (κ2) is 5.65. The normalized spacial score (nSPS) is 20.1. The SMILES string of the molecule is CN1CCCCC1C(=O)Nc1ccccc1C#N. The number of likely N-dealkylation sites (N-methyl/N-ethyl adjacent to an activating group) is 1. The van der Waals surface area contributed by atoms with Crippen molar-refractivity contribution >= 4 is 11.6 Å². The van der Waals surface area contributed by atoms with Gasteiger partial charge in [-0.1, -0.05) is 18.6 Å². The Balaban J connectivity index is 2.09. The van der Waals surface area contributed by atoms with Crippen LogP contribution >= 0.6 is 0 Å². The molecule has 2 rings (SSSR count). The van der Waals surface area contributed by atoms with Gasteiger partial charge in [-0.3, -0.25) is 9.69 Å². The van der Waals surface area contributed by atoms with Crippen molar-refractivity contribution in [3.63, 3.8) is 0 Å². The lowest BCUT2D eigenvalue weighted by atomic mass is 10.0. The van der Waals surface area contributed by atoms with Crippen molar-refractivity contribution in [1.82, 2.24) is 4.90 Å². The Hall–Kier alpha value is -1.86. The lowest BCUT2D eigenvalue weighted by Gasteiger charge is -2.31. The Morgan fingerprint density at radius 2 is 2.22 bits per heavy atom. The molecule has 0 saturated carbocycles. The monoisotopic (exact) mass is 243 g/mol. The van der Waals surface area contributed by atoms with E-state index in [-0.39, 0.29) is 11.9 Å². The second-order valence-corrected chi connectivity index (χ2v) is 4.64. The maximum absolute atomic E-state index is 12.2. The second-order valence-electron chi connectivity index (χ2n) is 4.64. The highest BCUT2D eigenvalue weighted by atomic mass is 16.2. The summed E-state index contributed by atoms with van der Waals surface area (Å²) in [6, 6.07) is 9.09. The molecule has 4 heteroatoms. The first-order valence-corrected chi connectivity index (χ1v) is 6.22. The molecule has 1 N–H and O–H groups in total. The van der Waals surface area contributed by atoms with Crippen molar-refractivity contribution in [1.29, 1.82) is 5.26 Å². The fraction of sp³-hybridized carbons (Fsp3) is 0.429. The number of carbonyl (C=O) groups excluding carboxylic acids is 1. The molecular weight excluding hydrogens is 226 g/mol. The Labute approximate surface area is 107 Å². The van der Waals surface area contributed by atoms with Gasteiger partial charge in [0.15, 0.2) is 0 Å². The Morgan fingerprint density at radius 3 is 2.94 bits per heavy atom. The van der Waals surface area contributed by atoms with Crippen LogP contribution in [-0.2, 0) is 4.79 Å². The number of nitrogens with zero attached hydrogens (tertiary/aromatic N) is 2. The van der Waals surface area contributed by atoms with Gasteiger partial charge in [-0.25, -0.2) is 0 Å². The van der Waals surface area contributed by atoms with Crippen molar-refractivity contribution in [2.45, 2.75) is 25.3 Å². The summed E-state index contributed by atoms with van der Waals surface area (Å²) in [5.41, 5.74) is 1.10. The van der Waals surface area contributed by atoms with E-state index >= 15 is 0 Å². The van der Waals surface area contributed by atoms with E-state index in [0.717, 1.165) is 25.8 Å². The van der Waals surface area contributed by atoms with Crippen LogP contribution in [0.3, 0.4) is 0 Å². The number of para-hydroxylation sites is 1. The van der Waals surface area contributed by atoms with Crippen LogP contribution in [0.1, 0.15) is 24.8 Å². The molecule has 1 fully saturated rings. The van der Waals surface area contributed by atoms with Crippen molar-refractivity contribution in [3.05, 3.63) is 29.8 Å². The summed E-state index contributed by atoms with van der Waals surface area (Å²) in [6.45, 7) is 0.956. The third kappa shape index (κ3) is 2.69. The summed E-state index contributed by atoms with van der Waals surface area (Å²) in [7, 11) is 1.97. The van der Waals surface area contributed by atoms with E-state index in [9.17, 15) is 4.79 Å². The molecule has 1 amide bonds. The van der Waals surface area contributed by atoms with Crippen molar-refractivity contribution in [2.75, 3.05) is 18.9 Å². The quantitative estimate of drug-likeness (QED) is 0.864. The van der Waals surface area contributed by atoms with E-state index in [1.54, 1.807) is 18.2 Å². The number of nitriles is 1. The number of likely N-dealkylation sites (tertiary alicyclic amines) is 1. The van der Waals surface area contributed by atoms with Gasteiger partial charge < -0.3 is 5.32 Å². The van der Waals surface area contributed by atoms with Gasteiger partial charge in [0.1, 0.15) is 6.07 Å². The van der Waals surface area contributed by atoms with Crippen LogP contribution in [-0.4, -0.2) is 30.4 Å². The van der Waals surface area contributed by atoms with Crippen LogP contribution in [0.4, 0.5) is 5.69 Å². The van der Waals surface area contributed by atoms with Crippen LogP contribution in [0.2, 0.25) is 0 Å². The molecule has 1 aromatic carbocycles. The summed E-state index contributed by atoms with van der Waals surface area (Å²) in [4.78, 5) is 14.3. The summed E-state index contributed by atoms with van der Waals surface area (Å²) in [5.74, 6) is -0.0140. The molecule has 1 saturated heterocycles. The fourth-order valence-electron chi connectivity index (χ4n) is 2.31. The molecule has 0 bridgehead atoms. The largest absolute Gasteiger partial charge is 0.324 e. The molecule has 0 aromatic heterocycles. The van der Waals surface area contributed by atoms with Crippen LogP contribution < -0.4 is 5.32 Å². The van der Waals surface area contributed by atoms with E-state index in [0.29, 0.717) is 11.3 Å². The molecule has 0 radical (unpaired) electrons. The zero-order chi connectivity index (χ0) is 13.0. The van der Waals surface area contributed by atoms with Crippen LogP contribution in [0.25, 0.3) is 0 Å². The third-order valence-corrected chi connectivity index (χ3v) is 3.38. The minimum Gasteiger partial charge on any atom is -0.324 e. The summed E-state index contributed by atoms with van der Waals surface area (Å²) in [6.07, 6.45) is 3.12. The van der Waals surface area contributed by atoms with E-state index < -0.39 is 0 Å². The number of amides is 1. The lowest BCUT2D eigenvalue weighted by Crippen LogP contribution is -2.44. The number of nitrogens with one attached hydrogen (secondary N) is 1. The molecule has 94 valence electrons. The first-order chi connectivity index (χ1) is 8.72. The Kier molecular flexibility index (Phi) is 3.96. The number of benzene rings is 1. The number of rotatable bonds is 2. The number of anilines is 1. The molecule has 0 aliphatic carbocycles. The summed E-state index contributed by atoms with van der Waals surface area (Å²) >= 11 is 0. The first-order valence-electron chi connectivity index (χ1n) is 6.22. The standard InChI is InChI=1S/C14H17N3O/c1-17-9-5-4-8-13(17)14(18)16-12-7-3-2-6-11(12)10-15/h2-3,6-7,13H,4-5,8-9H2,1H3,(H,16,18). The summed E-state index contributed by atoms with van der Waals surface area (Å²) < 4.78 is 0. The van der Waals surface area contributed by atoms with Gasteiger partial charge in [0.05, 0.1) is 17.3 Å². The van der Waals surface area contributed by atoms with E-state index in [1.807, 2.05) is 13.1 Å². The van der Waals surface area contributed by atoms with Gasteiger partial charge in [0.25, 0.3) is 0 Å². The van der Waals surface area contributed by atoms with Crippen LogP contribution in [0.15, 0.2) is 24.3 Å². The van der Waals surface area contributed by atoms with Crippen molar-refractivity contribution in [2.24, 2.45) is 0 Å². The highest BCUT2D eigenvalue weighted by Crippen LogP contribution is 2.19. The minimum absolute atomic E-state index is 0.0140. The smallest absolute Gasteiger partial charge is 0.241 e. The number of hydrogen-bond donors (Lipinski definition) is 1. The molecule has 0 spiro atoms. The first kappa shape index (κ1) is 12.6. The van der Waals surface area contributed by atoms with Crippen molar-refractivity contribution < 1.29 is 4.79 Å². The maximum Gasteiger partial charge on any atom is 0.241 e. The average Bonchev–Trinajstić information content (AvgIpc) is 2.39. The predicted octanol–water partition coefficient (Wildman–Crippen LogP) is 1.98. The molecular formula is C14H17N3O. The minimum atomic E-state index is -0.0782. The molecule has 1 heterocycles. The van der Waals surface area contributed by atoms with E-state index in [4.69, 9.17) is 5.26 Å². The number of hydrogen-bond acceptors (Lipinski definition) is 3. The molecule has 4 nitrogen and oxygen atoms in total. The molecule has 1 aromatic rings. The molecule has 1 aliphatic heterocycles. The molecule has 18 heavy (non-hydrogen) atoms. The molecule has 1 atom stereocenters.